The maximum absolute atomic E-state index is 12.8. The Kier molecular flexibility index (Phi) is 3.31. The van der Waals surface area contributed by atoms with E-state index in [4.69, 9.17) is 4.74 Å². The Hall–Kier alpha value is -2.90. The molecule has 0 aliphatic carbocycles. The predicted octanol–water partition coefficient (Wildman–Crippen LogP) is 0.600. The normalized spacial score (nSPS) is 22.9. The number of hydrogen-bond acceptors (Lipinski definition) is 5. The van der Waals surface area contributed by atoms with E-state index in [1.165, 1.54) is 15.8 Å². The SMILES string of the molecule is CN1CC2(CCN(C(=O)c3ccc4c(=O)n(C)cnc4c3)C2)OC1=O. The molecule has 2 aromatic rings. The van der Waals surface area contributed by atoms with E-state index in [2.05, 4.69) is 4.98 Å². The lowest BCUT2D eigenvalue weighted by atomic mass is 10.0. The van der Waals surface area contributed by atoms with Gasteiger partial charge in [0.2, 0.25) is 0 Å². The van der Waals surface area contributed by atoms with Gasteiger partial charge >= 0.3 is 6.09 Å². The monoisotopic (exact) mass is 342 g/mol. The molecule has 25 heavy (non-hydrogen) atoms. The molecule has 1 spiro atoms. The lowest BCUT2D eigenvalue weighted by Crippen LogP contribution is -2.39. The van der Waals surface area contributed by atoms with E-state index in [0.29, 0.717) is 42.5 Å². The summed E-state index contributed by atoms with van der Waals surface area (Å²) in [5, 5.41) is 0.478. The van der Waals surface area contributed by atoms with Gasteiger partial charge in [0.25, 0.3) is 11.5 Å². The van der Waals surface area contributed by atoms with Crippen molar-refractivity contribution in [2.24, 2.45) is 7.05 Å². The van der Waals surface area contributed by atoms with E-state index in [0.717, 1.165) is 0 Å². The molecule has 4 rings (SSSR count). The number of fused-ring (bicyclic) bond motifs is 1. The molecule has 0 bridgehead atoms. The lowest BCUT2D eigenvalue weighted by Gasteiger charge is -2.21. The van der Waals surface area contributed by atoms with Crippen LogP contribution in [0.2, 0.25) is 0 Å². The van der Waals surface area contributed by atoms with Crippen molar-refractivity contribution in [2.45, 2.75) is 12.0 Å². The maximum Gasteiger partial charge on any atom is 0.410 e. The first kappa shape index (κ1) is 15.6. The molecule has 0 radical (unpaired) electrons. The Morgan fingerprint density at radius 3 is 2.76 bits per heavy atom. The molecule has 3 heterocycles. The van der Waals surface area contributed by atoms with Gasteiger partial charge in [0.1, 0.15) is 0 Å². The fraction of sp³-hybridized carbons (Fsp3) is 0.412. The number of benzene rings is 1. The number of carbonyl (C=O) groups excluding carboxylic acids is 2. The summed E-state index contributed by atoms with van der Waals surface area (Å²) in [7, 11) is 3.33. The van der Waals surface area contributed by atoms with Crippen LogP contribution in [-0.4, -0.2) is 63.6 Å². The van der Waals surface area contributed by atoms with Crippen LogP contribution in [-0.2, 0) is 11.8 Å². The standard InChI is InChI=1S/C17H18N4O4/c1-19-8-17(25-16(19)24)5-6-21(9-17)14(22)11-3-4-12-13(7-11)18-10-20(2)15(12)23/h3-4,7,10H,5-6,8-9H2,1-2H3. The fourth-order valence-corrected chi connectivity index (χ4v) is 3.55. The molecule has 1 unspecified atom stereocenters. The molecule has 2 aliphatic rings. The molecule has 0 N–H and O–H groups in total. The van der Waals surface area contributed by atoms with Gasteiger partial charge in [-0.25, -0.2) is 9.78 Å². The third kappa shape index (κ3) is 2.45. The summed E-state index contributed by atoms with van der Waals surface area (Å²) < 4.78 is 6.88. The number of ether oxygens (including phenoxy) is 1. The average molecular weight is 342 g/mol. The Morgan fingerprint density at radius 1 is 1.24 bits per heavy atom. The third-order valence-corrected chi connectivity index (χ3v) is 4.91. The molecule has 130 valence electrons. The fourth-order valence-electron chi connectivity index (χ4n) is 3.55. The van der Waals surface area contributed by atoms with E-state index >= 15 is 0 Å². The summed E-state index contributed by atoms with van der Waals surface area (Å²) in [4.78, 5) is 44.0. The molecule has 2 fully saturated rings. The van der Waals surface area contributed by atoms with Gasteiger partial charge < -0.3 is 19.1 Å². The minimum Gasteiger partial charge on any atom is -0.439 e. The van der Waals surface area contributed by atoms with Crippen molar-refractivity contribution < 1.29 is 14.3 Å². The highest BCUT2D eigenvalue weighted by Crippen LogP contribution is 2.32. The molecule has 2 aliphatic heterocycles. The molecule has 8 heteroatoms. The van der Waals surface area contributed by atoms with E-state index in [1.807, 2.05) is 0 Å². The van der Waals surface area contributed by atoms with Crippen molar-refractivity contribution in [3.63, 3.8) is 0 Å². The van der Waals surface area contributed by atoms with Crippen LogP contribution in [0.25, 0.3) is 10.9 Å². The smallest absolute Gasteiger partial charge is 0.410 e. The average Bonchev–Trinajstić information content (AvgIpc) is 3.12. The zero-order chi connectivity index (χ0) is 17.8. The second-order valence-corrected chi connectivity index (χ2v) is 6.78. The van der Waals surface area contributed by atoms with Gasteiger partial charge in [0.15, 0.2) is 5.60 Å². The van der Waals surface area contributed by atoms with Crippen molar-refractivity contribution in [2.75, 3.05) is 26.7 Å². The second-order valence-electron chi connectivity index (χ2n) is 6.78. The molecule has 0 saturated carbocycles. The Morgan fingerprint density at radius 2 is 2.04 bits per heavy atom. The zero-order valence-electron chi connectivity index (χ0n) is 14.1. The number of carbonyl (C=O) groups is 2. The first-order valence-corrected chi connectivity index (χ1v) is 8.07. The first-order chi connectivity index (χ1) is 11.9. The van der Waals surface area contributed by atoms with E-state index in [1.54, 1.807) is 37.2 Å². The largest absolute Gasteiger partial charge is 0.439 e. The Balaban J connectivity index is 1.60. The number of hydrogen-bond donors (Lipinski definition) is 0. The highest BCUT2D eigenvalue weighted by molar-refractivity contribution is 5.98. The van der Waals surface area contributed by atoms with Gasteiger partial charge in [0, 0.05) is 32.6 Å². The van der Waals surface area contributed by atoms with Gasteiger partial charge in [-0.05, 0) is 18.2 Å². The summed E-state index contributed by atoms with van der Waals surface area (Å²) in [6.45, 7) is 1.40. The number of aromatic nitrogens is 2. The van der Waals surface area contributed by atoms with Crippen LogP contribution in [0.4, 0.5) is 4.79 Å². The topological polar surface area (TPSA) is 84.7 Å². The first-order valence-electron chi connectivity index (χ1n) is 8.07. The van der Waals surface area contributed by atoms with Crippen LogP contribution in [0.3, 0.4) is 0 Å². The molecule has 2 saturated heterocycles. The highest BCUT2D eigenvalue weighted by Gasteiger charge is 2.49. The van der Waals surface area contributed by atoms with Crippen molar-refractivity contribution in [1.29, 1.82) is 0 Å². The van der Waals surface area contributed by atoms with Crippen molar-refractivity contribution in [1.82, 2.24) is 19.4 Å². The van der Waals surface area contributed by atoms with Crippen molar-refractivity contribution in [3.8, 4) is 0 Å². The maximum atomic E-state index is 12.8. The number of amides is 2. The summed E-state index contributed by atoms with van der Waals surface area (Å²) in [6.07, 6.45) is 1.72. The van der Waals surface area contributed by atoms with Crippen LogP contribution in [0.5, 0.6) is 0 Å². The van der Waals surface area contributed by atoms with E-state index in [9.17, 15) is 14.4 Å². The van der Waals surface area contributed by atoms with Gasteiger partial charge in [-0.2, -0.15) is 0 Å². The third-order valence-electron chi connectivity index (χ3n) is 4.91. The molecule has 2 amide bonds. The molecule has 1 atom stereocenters. The molecule has 8 nitrogen and oxygen atoms in total. The van der Waals surface area contributed by atoms with Crippen LogP contribution >= 0.6 is 0 Å². The molecular formula is C17H18N4O4. The molecule has 1 aromatic heterocycles. The number of rotatable bonds is 1. The lowest BCUT2D eigenvalue weighted by molar-refractivity contribution is 0.0553. The highest BCUT2D eigenvalue weighted by atomic mass is 16.6. The summed E-state index contributed by atoms with van der Waals surface area (Å²) in [6, 6.07) is 4.91. The number of nitrogens with zero attached hydrogens (tertiary/aromatic N) is 4. The summed E-state index contributed by atoms with van der Waals surface area (Å²) >= 11 is 0. The number of likely N-dealkylation sites (N-methyl/N-ethyl adjacent to an activating group) is 1. The van der Waals surface area contributed by atoms with Gasteiger partial charge in [-0.3, -0.25) is 9.59 Å². The summed E-state index contributed by atoms with van der Waals surface area (Å²) in [5.41, 5.74) is 0.217. The van der Waals surface area contributed by atoms with Crippen LogP contribution in [0.1, 0.15) is 16.8 Å². The van der Waals surface area contributed by atoms with Gasteiger partial charge in [-0.1, -0.05) is 0 Å². The predicted molar refractivity (Wildman–Crippen MR) is 89.3 cm³/mol. The van der Waals surface area contributed by atoms with Crippen LogP contribution < -0.4 is 5.56 Å². The Labute approximate surface area is 143 Å². The minimum atomic E-state index is -0.605. The number of aryl methyl sites for hydroxylation is 1. The van der Waals surface area contributed by atoms with Gasteiger partial charge in [-0.15, -0.1) is 0 Å². The summed E-state index contributed by atoms with van der Waals surface area (Å²) in [5.74, 6) is -0.146. The van der Waals surface area contributed by atoms with E-state index < -0.39 is 5.60 Å². The van der Waals surface area contributed by atoms with Crippen molar-refractivity contribution in [3.05, 3.63) is 40.4 Å². The Bertz CT molecular complexity index is 953. The van der Waals surface area contributed by atoms with E-state index in [-0.39, 0.29) is 17.6 Å². The molecule has 1 aromatic carbocycles. The zero-order valence-corrected chi connectivity index (χ0v) is 14.1. The number of likely N-dealkylation sites (tertiary alicyclic amines) is 1. The van der Waals surface area contributed by atoms with Gasteiger partial charge in [0.05, 0.1) is 30.3 Å². The van der Waals surface area contributed by atoms with Crippen molar-refractivity contribution >= 4 is 22.9 Å². The minimum absolute atomic E-state index is 0.146. The van der Waals surface area contributed by atoms with Crippen LogP contribution in [0, 0.1) is 0 Å². The second kappa shape index (κ2) is 5.30. The van der Waals surface area contributed by atoms with Crippen LogP contribution in [0.15, 0.2) is 29.3 Å². The molecular weight excluding hydrogens is 324 g/mol. The quantitative estimate of drug-likeness (QED) is 0.758.